The lowest BCUT2D eigenvalue weighted by molar-refractivity contribution is -0.120. The van der Waals surface area contributed by atoms with Gasteiger partial charge in [0.2, 0.25) is 11.6 Å². The van der Waals surface area contributed by atoms with Crippen molar-refractivity contribution < 1.29 is 42.9 Å². The molecule has 0 spiro atoms. The van der Waals surface area contributed by atoms with Crippen molar-refractivity contribution in [2.75, 3.05) is 35.4 Å². The highest BCUT2D eigenvalue weighted by Crippen LogP contribution is 2.30. The highest BCUT2D eigenvalue weighted by atomic mass is 16.6. The molecule has 13 nitrogen and oxygen atoms in total. The van der Waals surface area contributed by atoms with Crippen molar-refractivity contribution in [1.29, 1.82) is 0 Å². The second-order valence-corrected chi connectivity index (χ2v) is 11.3. The van der Waals surface area contributed by atoms with E-state index >= 15 is 0 Å². The van der Waals surface area contributed by atoms with E-state index in [0.717, 1.165) is 6.08 Å². The average molecular weight is 633 g/mol. The molecular weight excluding hydrogens is 584 g/mol. The fourth-order valence-corrected chi connectivity index (χ4v) is 5.56. The number of methoxy groups -OCH3 is 2. The third-order valence-electron chi connectivity index (χ3n) is 7.98. The van der Waals surface area contributed by atoms with Crippen molar-refractivity contribution in [3.8, 4) is 0 Å². The zero-order valence-corrected chi connectivity index (χ0v) is 27.7. The lowest BCUT2D eigenvalue weighted by Gasteiger charge is -2.32. The van der Waals surface area contributed by atoms with Crippen LogP contribution in [0, 0.1) is 11.8 Å². The van der Waals surface area contributed by atoms with E-state index in [4.69, 9.17) is 18.9 Å². The van der Waals surface area contributed by atoms with Crippen LogP contribution in [-0.2, 0) is 33.3 Å². The van der Waals surface area contributed by atoms with Crippen molar-refractivity contribution in [1.82, 2.24) is 21.3 Å². The van der Waals surface area contributed by atoms with Crippen LogP contribution < -0.4 is 21.3 Å². The standard InChI is InChI=1S/C32H48N4O9/c1-17-13-21-26(33-5)23(37)16-22(27(21)38)36-30(39)18(2)11-10-12-24(42-8)28(44-31(40)34-6)19(3)15-20(4)29(25(14-17)43-9)45-32(41)35-7/h11,15-17,20,24-25,28-29,33H,10,12-14H2,1-9H3,(H,34,40)(H,35,41)(H,36,39)/b18-11+,19-15+/t17-,20+,24?,25?,28+,29-/m1/s1. The van der Waals surface area contributed by atoms with E-state index < -0.39 is 60.0 Å². The SMILES string of the molecule is CNC(=O)O[C@H]1/C(C)=C/[C@H](C)[C@@H](OC(=O)NC)C(OC)C[C@H](C)CC2=C(NC)C(=O)C=C(NC(=O)/C(C)=C/CCC1OC)C2=O. The van der Waals surface area contributed by atoms with Crippen LogP contribution in [0.2, 0.25) is 0 Å². The Hall–Kier alpha value is -3.97. The number of hydrogen-bond acceptors (Lipinski definition) is 10. The monoisotopic (exact) mass is 632 g/mol. The van der Waals surface area contributed by atoms with Gasteiger partial charge >= 0.3 is 12.2 Å². The lowest BCUT2D eigenvalue weighted by Crippen LogP contribution is -2.41. The molecule has 1 heterocycles. The highest BCUT2D eigenvalue weighted by Gasteiger charge is 2.35. The number of carbonyl (C=O) groups is 5. The summed E-state index contributed by atoms with van der Waals surface area (Å²) in [5.74, 6) is -2.05. The van der Waals surface area contributed by atoms with Crippen LogP contribution >= 0.6 is 0 Å². The van der Waals surface area contributed by atoms with Crippen molar-refractivity contribution in [3.05, 3.63) is 46.3 Å². The first-order valence-electron chi connectivity index (χ1n) is 15.0. The number of Topliss-reactive ketones (excluding diaryl/α,β-unsaturated/α-hetero) is 1. The van der Waals surface area contributed by atoms with Gasteiger partial charge in [0, 0.05) is 58.5 Å². The van der Waals surface area contributed by atoms with Gasteiger partial charge in [0.1, 0.15) is 6.10 Å². The van der Waals surface area contributed by atoms with Crippen molar-refractivity contribution in [2.24, 2.45) is 11.8 Å². The molecule has 6 atom stereocenters. The van der Waals surface area contributed by atoms with Crippen LogP contribution in [0.3, 0.4) is 0 Å². The number of carbonyl (C=O) groups excluding carboxylic acids is 5. The Morgan fingerprint density at radius 2 is 1.56 bits per heavy atom. The zero-order chi connectivity index (χ0) is 33.8. The van der Waals surface area contributed by atoms with Crippen LogP contribution in [-0.4, -0.2) is 89.4 Å². The van der Waals surface area contributed by atoms with Crippen LogP contribution in [0.1, 0.15) is 53.4 Å². The highest BCUT2D eigenvalue weighted by molar-refractivity contribution is 6.23. The average Bonchev–Trinajstić information content (AvgIpc) is 3.01. The summed E-state index contributed by atoms with van der Waals surface area (Å²) in [6.07, 6.45) is 1.86. The number of hydrogen-bond donors (Lipinski definition) is 4. The third kappa shape index (κ3) is 10.0. The minimum Gasteiger partial charge on any atom is -0.443 e. The van der Waals surface area contributed by atoms with Gasteiger partial charge in [0.15, 0.2) is 6.10 Å². The maximum absolute atomic E-state index is 13.6. The molecule has 0 radical (unpaired) electrons. The summed E-state index contributed by atoms with van der Waals surface area (Å²) in [4.78, 5) is 64.4. The zero-order valence-electron chi connectivity index (χ0n) is 27.7. The molecule has 45 heavy (non-hydrogen) atoms. The Balaban J connectivity index is 2.67. The normalized spacial score (nSPS) is 29.7. The fraction of sp³-hybridized carbons (Fsp3) is 0.594. The minimum atomic E-state index is -0.803. The number of allylic oxidation sites excluding steroid dienone is 3. The third-order valence-corrected chi connectivity index (χ3v) is 7.98. The van der Waals surface area contributed by atoms with Crippen molar-refractivity contribution in [3.63, 3.8) is 0 Å². The predicted octanol–water partition coefficient (Wildman–Crippen LogP) is 2.83. The summed E-state index contributed by atoms with van der Waals surface area (Å²) in [5, 5.41) is 10.4. The van der Waals surface area contributed by atoms with Gasteiger partial charge in [-0.15, -0.1) is 0 Å². The van der Waals surface area contributed by atoms with Crippen LogP contribution in [0.25, 0.3) is 0 Å². The summed E-state index contributed by atoms with van der Waals surface area (Å²) in [6, 6.07) is 0. The summed E-state index contributed by atoms with van der Waals surface area (Å²) in [7, 11) is 7.48. The largest absolute Gasteiger partial charge is 0.443 e. The van der Waals surface area contributed by atoms with Gasteiger partial charge in [-0.05, 0) is 51.0 Å². The molecule has 250 valence electrons. The predicted molar refractivity (Wildman–Crippen MR) is 167 cm³/mol. The molecule has 0 fully saturated rings. The number of rotatable bonds is 5. The summed E-state index contributed by atoms with van der Waals surface area (Å²) in [6.45, 7) is 7.17. The number of ether oxygens (including phenoxy) is 4. The van der Waals surface area contributed by atoms with E-state index in [1.165, 1.54) is 28.3 Å². The van der Waals surface area contributed by atoms with Gasteiger partial charge in [-0.1, -0.05) is 26.0 Å². The number of amides is 3. The molecule has 2 aliphatic rings. The molecule has 0 saturated carbocycles. The molecule has 4 N–H and O–H groups in total. The number of fused-ring (bicyclic) bond motifs is 2. The molecule has 0 saturated heterocycles. The van der Waals surface area contributed by atoms with E-state index in [0.29, 0.717) is 30.4 Å². The molecule has 2 unspecified atom stereocenters. The van der Waals surface area contributed by atoms with Crippen molar-refractivity contribution >= 4 is 29.7 Å². The van der Waals surface area contributed by atoms with E-state index in [1.807, 2.05) is 19.9 Å². The molecule has 1 aliphatic heterocycles. The summed E-state index contributed by atoms with van der Waals surface area (Å²) >= 11 is 0. The molecule has 0 aromatic heterocycles. The number of nitrogens with one attached hydrogen (secondary N) is 4. The van der Waals surface area contributed by atoms with E-state index in [2.05, 4.69) is 21.3 Å². The molecule has 1 aliphatic carbocycles. The van der Waals surface area contributed by atoms with Gasteiger partial charge in [-0.2, -0.15) is 0 Å². The fourth-order valence-electron chi connectivity index (χ4n) is 5.56. The van der Waals surface area contributed by atoms with E-state index in [1.54, 1.807) is 27.0 Å². The second-order valence-electron chi connectivity index (χ2n) is 11.3. The Morgan fingerprint density at radius 1 is 0.933 bits per heavy atom. The molecule has 13 heteroatoms. The van der Waals surface area contributed by atoms with Gasteiger partial charge in [-0.3, -0.25) is 14.4 Å². The van der Waals surface area contributed by atoms with E-state index in [9.17, 15) is 24.0 Å². The van der Waals surface area contributed by atoms with Crippen LogP contribution in [0.15, 0.2) is 46.3 Å². The molecule has 0 aromatic rings. The van der Waals surface area contributed by atoms with E-state index in [-0.39, 0.29) is 29.3 Å². The molecule has 0 aromatic carbocycles. The quantitative estimate of drug-likeness (QED) is 0.261. The minimum absolute atomic E-state index is 0.108. The number of alkyl carbamates (subject to hydrolysis) is 2. The second kappa shape index (κ2) is 17.5. The van der Waals surface area contributed by atoms with Crippen LogP contribution in [0.4, 0.5) is 9.59 Å². The molecule has 3 amide bonds. The first-order chi connectivity index (χ1) is 21.3. The van der Waals surface area contributed by atoms with Crippen molar-refractivity contribution in [2.45, 2.75) is 77.8 Å². The smallest absolute Gasteiger partial charge is 0.407 e. The maximum atomic E-state index is 13.6. The number of ketones is 2. The molecule has 2 bridgehead atoms. The Morgan fingerprint density at radius 3 is 2.13 bits per heavy atom. The van der Waals surface area contributed by atoms with Gasteiger partial charge in [-0.25, -0.2) is 9.59 Å². The van der Waals surface area contributed by atoms with Crippen LogP contribution in [0.5, 0.6) is 0 Å². The van der Waals surface area contributed by atoms with Gasteiger partial charge < -0.3 is 40.2 Å². The Kier molecular flexibility index (Phi) is 14.5. The molecule has 2 rings (SSSR count). The maximum Gasteiger partial charge on any atom is 0.407 e. The first kappa shape index (κ1) is 37.2. The van der Waals surface area contributed by atoms with Gasteiger partial charge in [0.25, 0.3) is 5.91 Å². The Bertz CT molecular complexity index is 1250. The first-order valence-corrected chi connectivity index (χ1v) is 15.0. The summed E-state index contributed by atoms with van der Waals surface area (Å²) < 4.78 is 23.1. The lowest BCUT2D eigenvalue weighted by atomic mass is 9.85. The number of likely N-dealkylation sites (N-methyl/N-ethyl adjacent to an activating group) is 1. The Labute approximate surface area is 265 Å². The van der Waals surface area contributed by atoms with Gasteiger partial charge in [0.05, 0.1) is 23.6 Å². The summed E-state index contributed by atoms with van der Waals surface area (Å²) in [5.41, 5.74) is 1.30. The topological polar surface area (TPSA) is 170 Å². The molecular formula is C32H48N4O9.